The first kappa shape index (κ1) is 19.4. The molecule has 2 N–H and O–H groups in total. The molecule has 1 atom stereocenters. The molecular weight excluding hydrogens is 352 g/mol. The predicted octanol–water partition coefficient (Wildman–Crippen LogP) is 2.25. The summed E-state index contributed by atoms with van der Waals surface area (Å²) in [4.78, 5) is 2.28. The maximum absolute atomic E-state index is 10.4. The van der Waals surface area contributed by atoms with Crippen molar-refractivity contribution in [2.45, 2.75) is 57.3 Å². The fourth-order valence-electron chi connectivity index (χ4n) is 4.35. The summed E-state index contributed by atoms with van der Waals surface area (Å²) in [6, 6.07) is 8.87. The van der Waals surface area contributed by atoms with Gasteiger partial charge in [-0.2, -0.15) is 5.10 Å². The Morgan fingerprint density at radius 2 is 2.18 bits per heavy atom. The molecule has 2 heterocycles. The SMILES string of the molecule is Cn1cc2c(n1)CCN(CC(O)COc1cccc(CNC3CCCC3)c1)C2. The molecule has 0 amide bonds. The van der Waals surface area contributed by atoms with Crippen molar-refractivity contribution in [2.24, 2.45) is 7.05 Å². The molecule has 1 aromatic carbocycles. The lowest BCUT2D eigenvalue weighted by atomic mass is 10.1. The fraction of sp³-hybridized carbons (Fsp3) is 0.591. The summed E-state index contributed by atoms with van der Waals surface area (Å²) in [5.74, 6) is 0.831. The lowest BCUT2D eigenvalue weighted by Gasteiger charge is -2.28. The van der Waals surface area contributed by atoms with Crippen LogP contribution in [-0.4, -0.2) is 51.6 Å². The van der Waals surface area contributed by atoms with Gasteiger partial charge < -0.3 is 15.2 Å². The highest BCUT2D eigenvalue weighted by molar-refractivity contribution is 5.28. The van der Waals surface area contributed by atoms with Crippen LogP contribution in [0.1, 0.15) is 42.5 Å². The second-order valence-corrected chi connectivity index (χ2v) is 8.23. The first-order chi connectivity index (χ1) is 13.7. The highest BCUT2D eigenvalue weighted by Crippen LogP contribution is 2.20. The molecule has 6 heteroatoms. The Hall–Kier alpha value is -1.89. The van der Waals surface area contributed by atoms with E-state index in [1.165, 1.54) is 42.5 Å². The molecule has 2 aliphatic rings. The Kier molecular flexibility index (Phi) is 6.29. The van der Waals surface area contributed by atoms with Gasteiger partial charge in [-0.3, -0.25) is 9.58 Å². The summed E-state index contributed by atoms with van der Waals surface area (Å²) in [6.07, 6.45) is 7.79. The van der Waals surface area contributed by atoms with E-state index >= 15 is 0 Å². The van der Waals surface area contributed by atoms with Crippen LogP contribution in [0.25, 0.3) is 0 Å². The standard InChI is InChI=1S/C22H32N4O2/c1-25-13-18-14-26(10-9-22(18)24-25)15-20(27)16-28-21-8-4-5-17(11-21)12-23-19-6-2-3-7-19/h4-5,8,11,13,19-20,23,27H,2-3,6-7,9-10,12,14-16H2,1H3. The Balaban J connectivity index is 1.22. The largest absolute Gasteiger partial charge is 0.491 e. The highest BCUT2D eigenvalue weighted by atomic mass is 16.5. The van der Waals surface area contributed by atoms with Gasteiger partial charge in [0.25, 0.3) is 0 Å². The van der Waals surface area contributed by atoms with Crippen molar-refractivity contribution in [1.82, 2.24) is 20.0 Å². The first-order valence-corrected chi connectivity index (χ1v) is 10.5. The van der Waals surface area contributed by atoms with Gasteiger partial charge in [0.15, 0.2) is 0 Å². The van der Waals surface area contributed by atoms with Crippen molar-refractivity contribution >= 4 is 0 Å². The first-order valence-electron chi connectivity index (χ1n) is 10.5. The molecule has 0 radical (unpaired) electrons. The Bertz CT molecular complexity index is 770. The number of aryl methyl sites for hydroxylation is 1. The number of nitrogens with zero attached hydrogens (tertiary/aromatic N) is 3. The van der Waals surface area contributed by atoms with Crippen LogP contribution in [0.4, 0.5) is 0 Å². The zero-order valence-corrected chi connectivity index (χ0v) is 16.8. The maximum atomic E-state index is 10.4. The molecule has 1 aliphatic carbocycles. The van der Waals surface area contributed by atoms with Crippen LogP contribution < -0.4 is 10.1 Å². The van der Waals surface area contributed by atoms with Crippen molar-refractivity contribution in [3.63, 3.8) is 0 Å². The van der Waals surface area contributed by atoms with Gasteiger partial charge in [0.1, 0.15) is 18.5 Å². The van der Waals surface area contributed by atoms with Crippen molar-refractivity contribution in [3.05, 3.63) is 47.3 Å². The summed E-state index contributed by atoms with van der Waals surface area (Å²) < 4.78 is 7.75. The second-order valence-electron chi connectivity index (χ2n) is 8.23. The number of hydrogen-bond acceptors (Lipinski definition) is 5. The molecule has 1 saturated carbocycles. The van der Waals surface area contributed by atoms with Crippen LogP contribution in [0.3, 0.4) is 0 Å². The number of benzene rings is 1. The quantitative estimate of drug-likeness (QED) is 0.731. The van der Waals surface area contributed by atoms with Crippen LogP contribution in [0, 0.1) is 0 Å². The third-order valence-corrected chi connectivity index (χ3v) is 5.81. The Labute approximate surface area is 167 Å². The van der Waals surface area contributed by atoms with Gasteiger partial charge in [0.05, 0.1) is 5.69 Å². The van der Waals surface area contributed by atoms with E-state index in [0.29, 0.717) is 19.2 Å². The average molecular weight is 385 g/mol. The second kappa shape index (κ2) is 9.07. The van der Waals surface area contributed by atoms with Crippen LogP contribution in [0.5, 0.6) is 5.75 Å². The summed E-state index contributed by atoms with van der Waals surface area (Å²) in [5.41, 5.74) is 3.69. The monoisotopic (exact) mass is 384 g/mol. The molecule has 0 bridgehead atoms. The van der Waals surface area contributed by atoms with Gasteiger partial charge in [0, 0.05) is 57.4 Å². The molecule has 152 valence electrons. The fourth-order valence-corrected chi connectivity index (χ4v) is 4.35. The lowest BCUT2D eigenvalue weighted by Crippen LogP contribution is -2.38. The average Bonchev–Trinajstić information content (AvgIpc) is 3.33. The van der Waals surface area contributed by atoms with E-state index in [2.05, 4.69) is 33.6 Å². The van der Waals surface area contributed by atoms with E-state index in [9.17, 15) is 5.11 Å². The molecule has 4 rings (SSSR count). The van der Waals surface area contributed by atoms with E-state index in [0.717, 1.165) is 31.8 Å². The Morgan fingerprint density at radius 1 is 1.32 bits per heavy atom. The molecule has 1 fully saturated rings. The smallest absolute Gasteiger partial charge is 0.119 e. The zero-order valence-electron chi connectivity index (χ0n) is 16.8. The summed E-state index contributed by atoms with van der Waals surface area (Å²) in [6.45, 7) is 3.60. The number of ether oxygens (including phenoxy) is 1. The van der Waals surface area contributed by atoms with Crippen molar-refractivity contribution < 1.29 is 9.84 Å². The van der Waals surface area contributed by atoms with Gasteiger partial charge in [-0.25, -0.2) is 0 Å². The third-order valence-electron chi connectivity index (χ3n) is 5.81. The molecule has 1 aliphatic heterocycles. The van der Waals surface area contributed by atoms with Gasteiger partial charge in [-0.05, 0) is 30.5 Å². The number of aliphatic hydroxyl groups is 1. The van der Waals surface area contributed by atoms with Gasteiger partial charge in [-0.1, -0.05) is 25.0 Å². The van der Waals surface area contributed by atoms with Gasteiger partial charge in [0.2, 0.25) is 0 Å². The summed E-state index contributed by atoms with van der Waals surface area (Å²) in [5, 5.41) is 18.6. The Morgan fingerprint density at radius 3 is 3.04 bits per heavy atom. The molecule has 1 unspecified atom stereocenters. The minimum absolute atomic E-state index is 0.315. The predicted molar refractivity (Wildman–Crippen MR) is 109 cm³/mol. The molecule has 1 aromatic heterocycles. The molecule has 0 saturated heterocycles. The number of rotatable bonds is 8. The van der Waals surface area contributed by atoms with E-state index in [1.807, 2.05) is 23.9 Å². The van der Waals surface area contributed by atoms with E-state index in [1.54, 1.807) is 0 Å². The van der Waals surface area contributed by atoms with Crippen LogP contribution in [0.2, 0.25) is 0 Å². The molecule has 2 aromatic rings. The van der Waals surface area contributed by atoms with Gasteiger partial charge in [-0.15, -0.1) is 0 Å². The van der Waals surface area contributed by atoms with Crippen molar-refractivity contribution in [2.75, 3.05) is 19.7 Å². The zero-order chi connectivity index (χ0) is 19.3. The summed E-state index contributed by atoms with van der Waals surface area (Å²) in [7, 11) is 1.96. The maximum Gasteiger partial charge on any atom is 0.119 e. The van der Waals surface area contributed by atoms with Crippen LogP contribution >= 0.6 is 0 Å². The molecular formula is C22H32N4O2. The minimum Gasteiger partial charge on any atom is -0.491 e. The number of aliphatic hydroxyl groups excluding tert-OH is 1. The number of nitrogens with one attached hydrogen (secondary N) is 1. The number of β-amino-alcohol motifs (C(OH)–C–C–N with tert-alkyl or cyclic N) is 1. The van der Waals surface area contributed by atoms with Crippen LogP contribution in [-0.2, 0) is 26.6 Å². The van der Waals surface area contributed by atoms with E-state index in [-0.39, 0.29) is 0 Å². The normalized spacial score (nSPS) is 18.9. The number of hydrogen-bond donors (Lipinski definition) is 2. The molecule has 6 nitrogen and oxygen atoms in total. The van der Waals surface area contributed by atoms with Crippen molar-refractivity contribution in [3.8, 4) is 5.75 Å². The topological polar surface area (TPSA) is 62.6 Å². The molecule has 28 heavy (non-hydrogen) atoms. The van der Waals surface area contributed by atoms with E-state index < -0.39 is 6.10 Å². The van der Waals surface area contributed by atoms with Gasteiger partial charge >= 0.3 is 0 Å². The minimum atomic E-state index is -0.501. The van der Waals surface area contributed by atoms with E-state index in [4.69, 9.17) is 4.74 Å². The summed E-state index contributed by atoms with van der Waals surface area (Å²) >= 11 is 0. The lowest BCUT2D eigenvalue weighted by molar-refractivity contribution is 0.0636. The van der Waals surface area contributed by atoms with Crippen LogP contribution in [0.15, 0.2) is 30.5 Å². The highest BCUT2D eigenvalue weighted by Gasteiger charge is 2.21. The van der Waals surface area contributed by atoms with Crippen molar-refractivity contribution in [1.29, 1.82) is 0 Å². The third kappa shape index (κ3) is 5.13. The number of fused-ring (bicyclic) bond motifs is 1. The molecule has 0 spiro atoms. The number of aromatic nitrogens is 2.